The van der Waals surface area contributed by atoms with Crippen LogP contribution in [0.2, 0.25) is 0 Å². The average molecular weight is 376 g/mol. The van der Waals surface area contributed by atoms with Gasteiger partial charge in [-0.1, -0.05) is 12.1 Å². The van der Waals surface area contributed by atoms with E-state index in [9.17, 15) is 13.6 Å². The molecule has 0 bridgehead atoms. The Morgan fingerprint density at radius 2 is 1.81 bits per heavy atom. The zero-order valence-corrected chi connectivity index (χ0v) is 14.7. The quantitative estimate of drug-likeness (QED) is 0.709. The Hall–Kier alpha value is -2.44. The second kappa shape index (κ2) is 6.37. The van der Waals surface area contributed by atoms with Crippen LogP contribution in [0.3, 0.4) is 0 Å². The van der Waals surface area contributed by atoms with E-state index in [1.54, 1.807) is 22.9 Å². The predicted molar refractivity (Wildman–Crippen MR) is 96.4 cm³/mol. The summed E-state index contributed by atoms with van der Waals surface area (Å²) in [7, 11) is 1.33. The van der Waals surface area contributed by atoms with Gasteiger partial charge in [-0.3, -0.25) is 9.78 Å². The van der Waals surface area contributed by atoms with Crippen LogP contribution < -0.4 is 15.6 Å². The van der Waals surface area contributed by atoms with Gasteiger partial charge in [0.1, 0.15) is 11.3 Å². The standard InChI is InChI=1S/C17H15F2N4O2P/c18-17(19,26)25-12-3-1-10(2-4-12)13-9-23(11-7-20-8-11)16(24)15-14(13)21-5-6-22-15/h1-6,9,11,20H,7-8,26H2. The van der Waals surface area contributed by atoms with E-state index in [-0.39, 0.29) is 22.9 Å². The SMILES string of the molecule is O=c1c2nccnc2c(-c2ccc(OC(F)(F)P)cc2)cn1C1CNC1. The summed E-state index contributed by atoms with van der Waals surface area (Å²) in [5.41, 5.74) is 2.02. The normalized spacial score (nSPS) is 15.0. The predicted octanol–water partition coefficient (Wildman–Crippen LogP) is 2.41. The Bertz CT molecular complexity index is 1010. The van der Waals surface area contributed by atoms with Gasteiger partial charge < -0.3 is 14.6 Å². The van der Waals surface area contributed by atoms with Crippen molar-refractivity contribution in [3.05, 3.63) is 53.2 Å². The molecule has 1 aromatic carbocycles. The molecule has 1 N–H and O–H groups in total. The number of rotatable bonds is 4. The van der Waals surface area contributed by atoms with Gasteiger partial charge in [-0.25, -0.2) is 4.98 Å². The number of hydrogen-bond acceptors (Lipinski definition) is 5. The number of halogens is 2. The molecule has 1 unspecified atom stereocenters. The van der Waals surface area contributed by atoms with Gasteiger partial charge in [-0.05, 0) is 26.9 Å². The monoisotopic (exact) mass is 376 g/mol. The minimum absolute atomic E-state index is 0.0423. The molecule has 0 amide bonds. The Kier molecular flexibility index (Phi) is 4.17. The number of hydrogen-bond donors (Lipinski definition) is 1. The first-order valence-corrected chi connectivity index (χ1v) is 8.53. The Balaban J connectivity index is 1.83. The van der Waals surface area contributed by atoms with E-state index in [4.69, 9.17) is 0 Å². The molecule has 3 heterocycles. The van der Waals surface area contributed by atoms with Crippen molar-refractivity contribution in [1.29, 1.82) is 0 Å². The van der Waals surface area contributed by atoms with Crippen molar-refractivity contribution in [1.82, 2.24) is 19.9 Å². The number of alkyl halides is 2. The van der Waals surface area contributed by atoms with E-state index in [1.165, 1.54) is 33.8 Å². The molecule has 2 aromatic heterocycles. The Morgan fingerprint density at radius 3 is 2.38 bits per heavy atom. The third-order valence-corrected chi connectivity index (χ3v) is 4.35. The molecular formula is C17H15F2N4O2P. The van der Waals surface area contributed by atoms with E-state index < -0.39 is 5.85 Å². The second-order valence-corrected chi connectivity index (χ2v) is 6.68. The lowest BCUT2D eigenvalue weighted by atomic mass is 10.0. The smallest absolute Gasteiger partial charge is 0.408 e. The number of nitrogens with one attached hydrogen (secondary N) is 1. The van der Waals surface area contributed by atoms with Crippen LogP contribution in [0.5, 0.6) is 5.75 Å². The highest BCUT2D eigenvalue weighted by Crippen LogP contribution is 2.31. The molecule has 1 aliphatic heterocycles. The van der Waals surface area contributed by atoms with Gasteiger partial charge in [0.05, 0.1) is 6.04 Å². The summed E-state index contributed by atoms with van der Waals surface area (Å²) in [6.07, 6.45) is 4.76. The molecule has 0 aliphatic carbocycles. The summed E-state index contributed by atoms with van der Waals surface area (Å²) < 4.78 is 32.1. The van der Waals surface area contributed by atoms with Crippen LogP contribution in [-0.2, 0) is 0 Å². The highest BCUT2D eigenvalue weighted by Gasteiger charge is 2.24. The van der Waals surface area contributed by atoms with Crippen molar-refractivity contribution in [3.8, 4) is 16.9 Å². The van der Waals surface area contributed by atoms with Gasteiger partial charge in [0, 0.05) is 37.2 Å². The van der Waals surface area contributed by atoms with Gasteiger partial charge in [-0.15, -0.1) is 0 Å². The molecule has 6 nitrogen and oxygen atoms in total. The molecular weight excluding hydrogens is 361 g/mol. The number of aromatic nitrogens is 3. The zero-order valence-electron chi connectivity index (χ0n) is 13.5. The number of pyridine rings is 1. The summed E-state index contributed by atoms with van der Waals surface area (Å²) >= 11 is 0. The average Bonchev–Trinajstić information content (AvgIpc) is 2.55. The largest absolute Gasteiger partial charge is 0.430 e. The first-order chi connectivity index (χ1) is 12.4. The molecule has 134 valence electrons. The van der Waals surface area contributed by atoms with Gasteiger partial charge in [0.2, 0.25) is 0 Å². The molecule has 1 fully saturated rings. The van der Waals surface area contributed by atoms with Crippen molar-refractivity contribution < 1.29 is 13.5 Å². The van der Waals surface area contributed by atoms with Crippen LogP contribution in [-0.4, -0.2) is 33.5 Å². The molecule has 0 spiro atoms. The third kappa shape index (κ3) is 3.18. The van der Waals surface area contributed by atoms with E-state index in [1.807, 2.05) is 0 Å². The fourth-order valence-electron chi connectivity index (χ4n) is 2.89. The Labute approximate surface area is 149 Å². The number of fused-ring (bicyclic) bond motifs is 1. The molecule has 26 heavy (non-hydrogen) atoms. The fraction of sp³-hybridized carbons (Fsp3) is 0.235. The van der Waals surface area contributed by atoms with Gasteiger partial charge in [0.15, 0.2) is 5.52 Å². The lowest BCUT2D eigenvalue weighted by Crippen LogP contribution is -2.46. The van der Waals surface area contributed by atoms with Crippen LogP contribution in [0, 0.1) is 0 Å². The summed E-state index contributed by atoms with van der Waals surface area (Å²) in [6, 6.07) is 6.28. The second-order valence-electron chi connectivity index (χ2n) is 6.01. The van der Waals surface area contributed by atoms with E-state index in [0.29, 0.717) is 24.2 Å². The maximum atomic E-state index is 12.9. The minimum atomic E-state index is -3.33. The van der Waals surface area contributed by atoms with E-state index in [2.05, 4.69) is 20.0 Å². The molecule has 0 saturated carbocycles. The summed E-state index contributed by atoms with van der Waals surface area (Å²) in [5.74, 6) is -3.29. The van der Waals surface area contributed by atoms with Crippen molar-refractivity contribution in [2.24, 2.45) is 0 Å². The third-order valence-electron chi connectivity index (χ3n) is 4.23. The van der Waals surface area contributed by atoms with E-state index >= 15 is 0 Å². The number of ether oxygens (including phenoxy) is 1. The first kappa shape index (κ1) is 17.0. The van der Waals surface area contributed by atoms with Crippen molar-refractivity contribution >= 4 is 20.3 Å². The lowest BCUT2D eigenvalue weighted by Gasteiger charge is -2.29. The summed E-state index contributed by atoms with van der Waals surface area (Å²) in [5, 5.41) is 3.14. The molecule has 1 atom stereocenters. The van der Waals surface area contributed by atoms with Crippen LogP contribution in [0.1, 0.15) is 6.04 Å². The topological polar surface area (TPSA) is 69.0 Å². The molecule has 3 aromatic rings. The summed E-state index contributed by atoms with van der Waals surface area (Å²) in [6.45, 7) is 1.42. The number of benzene rings is 1. The van der Waals surface area contributed by atoms with E-state index in [0.717, 1.165) is 5.56 Å². The summed E-state index contributed by atoms with van der Waals surface area (Å²) in [4.78, 5) is 21.2. The van der Waals surface area contributed by atoms with Crippen molar-refractivity contribution in [2.75, 3.05) is 13.1 Å². The molecule has 1 saturated heterocycles. The van der Waals surface area contributed by atoms with Crippen LogP contribution >= 0.6 is 9.24 Å². The number of nitrogens with zero attached hydrogens (tertiary/aromatic N) is 3. The first-order valence-electron chi connectivity index (χ1n) is 7.95. The van der Waals surface area contributed by atoms with Crippen molar-refractivity contribution in [2.45, 2.75) is 11.9 Å². The maximum Gasteiger partial charge on any atom is 0.408 e. The maximum absolute atomic E-state index is 12.9. The van der Waals surface area contributed by atoms with Gasteiger partial charge >= 0.3 is 5.85 Å². The fourth-order valence-corrected chi connectivity index (χ4v) is 3.02. The highest BCUT2D eigenvalue weighted by atomic mass is 31.0. The molecule has 4 rings (SSSR count). The highest BCUT2D eigenvalue weighted by molar-refractivity contribution is 7.17. The van der Waals surface area contributed by atoms with Crippen LogP contribution in [0.4, 0.5) is 8.78 Å². The zero-order chi connectivity index (χ0) is 18.3. The minimum Gasteiger partial charge on any atom is -0.430 e. The van der Waals surface area contributed by atoms with Gasteiger partial charge in [-0.2, -0.15) is 8.78 Å². The van der Waals surface area contributed by atoms with Crippen LogP contribution in [0.25, 0.3) is 22.2 Å². The Morgan fingerprint density at radius 1 is 1.15 bits per heavy atom. The van der Waals surface area contributed by atoms with Crippen molar-refractivity contribution in [3.63, 3.8) is 0 Å². The van der Waals surface area contributed by atoms with Gasteiger partial charge in [0.25, 0.3) is 5.56 Å². The molecule has 1 aliphatic rings. The van der Waals surface area contributed by atoms with Crippen LogP contribution in [0.15, 0.2) is 47.7 Å². The molecule has 9 heteroatoms. The molecule has 0 radical (unpaired) electrons. The lowest BCUT2D eigenvalue weighted by molar-refractivity contribution is -0.0892.